The predicted octanol–water partition coefficient (Wildman–Crippen LogP) is 6.73. The van der Waals surface area contributed by atoms with Gasteiger partial charge in [-0.1, -0.05) is 94.9 Å². The van der Waals surface area contributed by atoms with Crippen molar-refractivity contribution in [2.45, 2.75) is 30.0 Å². The lowest BCUT2D eigenvalue weighted by Crippen LogP contribution is -2.29. The third-order valence-electron chi connectivity index (χ3n) is 6.09. The zero-order valence-electron chi connectivity index (χ0n) is 20.0. The van der Waals surface area contributed by atoms with E-state index in [0.717, 1.165) is 16.7 Å². The van der Waals surface area contributed by atoms with Gasteiger partial charge in [-0.25, -0.2) is 0 Å². The highest BCUT2D eigenvalue weighted by atomic mass is 35.5. The van der Waals surface area contributed by atoms with Gasteiger partial charge in [0.15, 0.2) is 4.34 Å². The molecule has 186 valence electrons. The number of rotatable bonds is 6. The minimum absolute atomic E-state index is 0.0375. The minimum Gasteiger partial charge on any atom is -0.507 e. The first-order valence-corrected chi connectivity index (χ1v) is 13.7. The van der Waals surface area contributed by atoms with E-state index in [9.17, 15) is 14.7 Å². The first-order chi connectivity index (χ1) is 17.8. The van der Waals surface area contributed by atoms with Gasteiger partial charge in [0.1, 0.15) is 5.76 Å². The SMILES string of the molecule is Cc1ccc(C)c(C(O)=C2C(=O)C(=O)N(c3nnc(SCc4ccc(Cl)cc4)s3)C2c2ccccc2)c1. The summed E-state index contributed by atoms with van der Waals surface area (Å²) in [6, 6.07) is 21.5. The molecule has 1 aromatic heterocycles. The molecule has 1 atom stereocenters. The van der Waals surface area contributed by atoms with E-state index in [1.165, 1.54) is 28.0 Å². The molecule has 1 saturated heterocycles. The average Bonchev–Trinajstić information content (AvgIpc) is 3.47. The van der Waals surface area contributed by atoms with Crippen LogP contribution >= 0.6 is 34.7 Å². The maximum Gasteiger partial charge on any atom is 0.301 e. The summed E-state index contributed by atoms with van der Waals surface area (Å²) in [5.41, 5.74) is 4.07. The Labute approximate surface area is 227 Å². The van der Waals surface area contributed by atoms with Crippen molar-refractivity contribution in [3.8, 4) is 0 Å². The third-order valence-corrected chi connectivity index (χ3v) is 8.46. The number of nitrogens with zero attached hydrogens (tertiary/aromatic N) is 3. The lowest BCUT2D eigenvalue weighted by molar-refractivity contribution is -0.132. The molecule has 1 aliphatic rings. The summed E-state index contributed by atoms with van der Waals surface area (Å²) in [6.07, 6.45) is 0. The number of Topliss-reactive ketones (excluding diaryl/α,β-unsaturated/α-hetero) is 1. The highest BCUT2D eigenvalue weighted by Gasteiger charge is 2.48. The number of amides is 1. The number of ketones is 1. The van der Waals surface area contributed by atoms with E-state index in [4.69, 9.17) is 11.6 Å². The van der Waals surface area contributed by atoms with Crippen molar-refractivity contribution in [1.29, 1.82) is 0 Å². The number of aliphatic hydroxyl groups is 1. The monoisotopic (exact) mass is 547 g/mol. The van der Waals surface area contributed by atoms with Gasteiger partial charge in [0.2, 0.25) is 5.13 Å². The Morgan fingerprint density at radius 1 is 1.03 bits per heavy atom. The summed E-state index contributed by atoms with van der Waals surface area (Å²) in [5, 5.41) is 20.9. The fourth-order valence-electron chi connectivity index (χ4n) is 4.20. The Morgan fingerprint density at radius 2 is 1.76 bits per heavy atom. The van der Waals surface area contributed by atoms with Crippen LogP contribution in [0.3, 0.4) is 0 Å². The number of benzene rings is 3. The first kappa shape index (κ1) is 25.2. The molecule has 9 heteroatoms. The quantitative estimate of drug-likeness (QED) is 0.0947. The smallest absolute Gasteiger partial charge is 0.301 e. The van der Waals surface area contributed by atoms with Gasteiger partial charge in [0.25, 0.3) is 5.78 Å². The zero-order chi connectivity index (χ0) is 26.1. The maximum atomic E-state index is 13.4. The van der Waals surface area contributed by atoms with Gasteiger partial charge >= 0.3 is 5.91 Å². The Balaban J connectivity index is 1.54. The van der Waals surface area contributed by atoms with Crippen molar-refractivity contribution in [3.63, 3.8) is 0 Å². The van der Waals surface area contributed by atoms with Crippen molar-refractivity contribution in [2.24, 2.45) is 0 Å². The van der Waals surface area contributed by atoms with Gasteiger partial charge in [-0.3, -0.25) is 14.5 Å². The van der Waals surface area contributed by atoms with Crippen LogP contribution in [-0.2, 0) is 15.3 Å². The summed E-state index contributed by atoms with van der Waals surface area (Å²) in [4.78, 5) is 28.1. The summed E-state index contributed by atoms with van der Waals surface area (Å²) >= 11 is 8.69. The van der Waals surface area contributed by atoms with Crippen molar-refractivity contribution >= 4 is 57.3 Å². The van der Waals surface area contributed by atoms with Crippen LogP contribution in [0.4, 0.5) is 5.13 Å². The van der Waals surface area contributed by atoms with Crippen molar-refractivity contribution in [3.05, 3.63) is 111 Å². The van der Waals surface area contributed by atoms with E-state index < -0.39 is 17.7 Å². The number of aliphatic hydroxyl groups excluding tert-OH is 1. The summed E-state index contributed by atoms with van der Waals surface area (Å²) < 4.78 is 0.660. The summed E-state index contributed by atoms with van der Waals surface area (Å²) in [6.45, 7) is 3.77. The van der Waals surface area contributed by atoms with Gasteiger partial charge in [0.05, 0.1) is 11.6 Å². The molecular weight excluding hydrogens is 526 g/mol. The highest BCUT2D eigenvalue weighted by Crippen LogP contribution is 2.44. The standard InChI is InChI=1S/C28H22ClN3O3S2/c1-16-8-9-17(2)21(14-16)24(33)22-23(19-6-4-3-5-7-19)32(26(35)25(22)34)27-30-31-28(37-27)36-15-18-10-12-20(29)13-11-18/h3-14,23,33H,15H2,1-2H3. The first-order valence-electron chi connectivity index (χ1n) is 11.5. The van der Waals surface area contributed by atoms with Gasteiger partial charge in [-0.2, -0.15) is 0 Å². The molecule has 0 bridgehead atoms. The number of carbonyl (C=O) groups is 2. The van der Waals surface area contributed by atoms with Crippen LogP contribution in [0.15, 0.2) is 82.7 Å². The number of aryl methyl sites for hydroxylation is 2. The Kier molecular flexibility index (Phi) is 7.15. The molecule has 5 rings (SSSR count). The molecule has 4 aromatic rings. The molecule has 2 heterocycles. The number of aromatic nitrogens is 2. The number of halogens is 1. The molecule has 3 aromatic carbocycles. The van der Waals surface area contributed by atoms with Gasteiger partial charge in [-0.05, 0) is 48.7 Å². The molecule has 1 unspecified atom stereocenters. The molecule has 0 saturated carbocycles. The molecule has 37 heavy (non-hydrogen) atoms. The lowest BCUT2D eigenvalue weighted by Gasteiger charge is -2.22. The van der Waals surface area contributed by atoms with E-state index in [0.29, 0.717) is 31.4 Å². The topological polar surface area (TPSA) is 83.4 Å². The van der Waals surface area contributed by atoms with E-state index in [-0.39, 0.29) is 11.3 Å². The number of anilines is 1. The van der Waals surface area contributed by atoms with E-state index >= 15 is 0 Å². The van der Waals surface area contributed by atoms with E-state index in [1.807, 2.05) is 86.6 Å². The second-order valence-electron chi connectivity index (χ2n) is 8.66. The van der Waals surface area contributed by atoms with Crippen LogP contribution in [0.5, 0.6) is 0 Å². The molecule has 6 nitrogen and oxygen atoms in total. The highest BCUT2D eigenvalue weighted by molar-refractivity contribution is 8.00. The van der Waals surface area contributed by atoms with Crippen LogP contribution in [0.1, 0.15) is 33.9 Å². The van der Waals surface area contributed by atoms with Crippen LogP contribution in [0, 0.1) is 13.8 Å². The molecule has 1 amide bonds. The second-order valence-corrected chi connectivity index (χ2v) is 11.3. The predicted molar refractivity (Wildman–Crippen MR) is 148 cm³/mol. The lowest BCUT2D eigenvalue weighted by atomic mass is 9.93. The van der Waals surface area contributed by atoms with Gasteiger partial charge in [0, 0.05) is 16.3 Å². The van der Waals surface area contributed by atoms with Crippen molar-refractivity contribution in [2.75, 3.05) is 4.90 Å². The average molecular weight is 548 g/mol. The number of hydrogen-bond acceptors (Lipinski definition) is 7. The third kappa shape index (κ3) is 5.05. The molecule has 1 fully saturated rings. The van der Waals surface area contributed by atoms with E-state index in [2.05, 4.69) is 10.2 Å². The molecular formula is C28H22ClN3O3S2. The molecule has 0 aliphatic carbocycles. The van der Waals surface area contributed by atoms with Crippen molar-refractivity contribution < 1.29 is 14.7 Å². The largest absolute Gasteiger partial charge is 0.507 e. The second kappa shape index (κ2) is 10.5. The maximum absolute atomic E-state index is 13.4. The van der Waals surface area contributed by atoms with Crippen LogP contribution in [0.2, 0.25) is 5.02 Å². The number of hydrogen-bond donors (Lipinski definition) is 1. The van der Waals surface area contributed by atoms with Crippen LogP contribution in [-0.4, -0.2) is 27.0 Å². The number of carbonyl (C=O) groups excluding carboxylic acids is 2. The Bertz CT molecular complexity index is 1520. The van der Waals surface area contributed by atoms with Crippen LogP contribution in [0.25, 0.3) is 5.76 Å². The summed E-state index contributed by atoms with van der Waals surface area (Å²) in [5.74, 6) is -1.04. The fourth-order valence-corrected chi connectivity index (χ4v) is 6.15. The van der Waals surface area contributed by atoms with E-state index in [1.54, 1.807) is 0 Å². The molecule has 0 spiro atoms. The molecule has 1 N–H and O–H groups in total. The minimum atomic E-state index is -0.830. The zero-order valence-corrected chi connectivity index (χ0v) is 22.4. The molecule has 0 radical (unpaired) electrons. The van der Waals surface area contributed by atoms with Crippen molar-refractivity contribution in [1.82, 2.24) is 10.2 Å². The normalized spacial score (nSPS) is 16.9. The number of thioether (sulfide) groups is 1. The van der Waals surface area contributed by atoms with Crippen LogP contribution < -0.4 is 4.90 Å². The molecule has 1 aliphatic heterocycles. The Morgan fingerprint density at radius 3 is 2.49 bits per heavy atom. The summed E-state index contributed by atoms with van der Waals surface area (Å²) in [7, 11) is 0. The fraction of sp³-hybridized carbons (Fsp3) is 0.143. The van der Waals surface area contributed by atoms with Gasteiger partial charge < -0.3 is 5.11 Å². The Hall–Kier alpha value is -3.46. The van der Waals surface area contributed by atoms with Gasteiger partial charge in [-0.15, -0.1) is 10.2 Å².